The van der Waals surface area contributed by atoms with Gasteiger partial charge in [-0.15, -0.1) is 0 Å². The van der Waals surface area contributed by atoms with Crippen LogP contribution in [0.15, 0.2) is 27.0 Å². The van der Waals surface area contributed by atoms with Crippen molar-refractivity contribution in [2.75, 3.05) is 25.0 Å². The number of hydrogen-bond donors (Lipinski definition) is 7. The molecule has 31 heavy (non-hydrogen) atoms. The Hall–Kier alpha value is -3.35. The smallest absolute Gasteiger partial charge is 0.349 e. The van der Waals surface area contributed by atoms with E-state index in [-0.39, 0.29) is 23.8 Å². The second kappa shape index (κ2) is 14.6. The summed E-state index contributed by atoms with van der Waals surface area (Å²) in [6.07, 6.45) is 6.85. The van der Waals surface area contributed by atoms with Crippen molar-refractivity contribution < 1.29 is 4.79 Å². The number of amides is 2. The van der Waals surface area contributed by atoms with Crippen LogP contribution in [-0.2, 0) is 6.54 Å². The molecule has 1 rings (SSSR count). The lowest BCUT2D eigenvalue weighted by Crippen LogP contribution is -2.33. The average molecular weight is 438 g/mol. The number of aliphatic imine (C=N–C) groups is 2. The van der Waals surface area contributed by atoms with Gasteiger partial charge in [-0.2, -0.15) is 4.98 Å². The molecule has 1 heterocycles. The zero-order chi connectivity index (χ0) is 23.1. The first kappa shape index (κ1) is 25.7. The second-order valence-electron chi connectivity index (χ2n) is 7.03. The van der Waals surface area contributed by atoms with E-state index in [0.29, 0.717) is 19.6 Å². The van der Waals surface area contributed by atoms with Gasteiger partial charge in [0.2, 0.25) is 0 Å². The van der Waals surface area contributed by atoms with Crippen LogP contribution in [0.2, 0.25) is 0 Å². The summed E-state index contributed by atoms with van der Waals surface area (Å²) >= 11 is 0. The highest BCUT2D eigenvalue weighted by molar-refractivity contribution is 5.86. The second-order valence-corrected chi connectivity index (χ2v) is 7.03. The van der Waals surface area contributed by atoms with Gasteiger partial charge in [-0.3, -0.25) is 19.9 Å². The monoisotopic (exact) mass is 437 g/mol. The first-order valence-corrected chi connectivity index (χ1v) is 10.3. The molecule has 0 aromatic carbocycles. The van der Waals surface area contributed by atoms with Crippen LogP contribution in [0, 0.1) is 0 Å². The first-order chi connectivity index (χ1) is 14.8. The van der Waals surface area contributed by atoms with Crippen LogP contribution in [0.5, 0.6) is 0 Å². The summed E-state index contributed by atoms with van der Waals surface area (Å²) in [6, 6.07) is 0.972. The summed E-state index contributed by atoms with van der Waals surface area (Å²) in [6.45, 7) is 2.49. The molecule has 1 atom stereocenters. The minimum atomic E-state index is -0.769. The number of guanidine groups is 2. The lowest BCUT2D eigenvalue weighted by atomic mass is 10.1. The van der Waals surface area contributed by atoms with Crippen molar-refractivity contribution in [3.63, 3.8) is 0 Å². The molecule has 0 aliphatic heterocycles. The third kappa shape index (κ3) is 12.7. The Balaban J connectivity index is 2.55. The van der Waals surface area contributed by atoms with Crippen LogP contribution in [0.4, 0.5) is 10.6 Å². The molecule has 13 nitrogen and oxygen atoms in total. The molecule has 0 spiro atoms. The lowest BCUT2D eigenvalue weighted by molar-refractivity contribution is 0.259. The maximum absolute atomic E-state index is 12.2. The van der Waals surface area contributed by atoms with Gasteiger partial charge in [0.15, 0.2) is 11.9 Å². The fourth-order valence-corrected chi connectivity index (χ4v) is 2.90. The molecule has 13 heteroatoms. The minimum absolute atomic E-state index is 0.0941. The predicted octanol–water partition coefficient (Wildman–Crippen LogP) is -1.42. The molecule has 0 saturated heterocycles. The Kier molecular flexibility index (Phi) is 12.1. The van der Waals surface area contributed by atoms with Crippen LogP contribution in [-0.4, -0.2) is 53.2 Å². The molecule has 1 aromatic heterocycles. The fourth-order valence-electron chi connectivity index (χ4n) is 2.90. The zero-order valence-electron chi connectivity index (χ0n) is 17.8. The van der Waals surface area contributed by atoms with Crippen molar-refractivity contribution >= 4 is 23.8 Å². The number of primary amides is 1. The number of nitrogens with two attached hydrogens (primary N) is 5. The number of nitrogens with one attached hydrogen (secondary N) is 2. The highest BCUT2D eigenvalue weighted by atomic mass is 16.2. The zero-order valence-corrected chi connectivity index (χ0v) is 17.8. The molecule has 12 N–H and O–H groups in total. The number of aryl methyl sites for hydroxylation is 1. The van der Waals surface area contributed by atoms with E-state index < -0.39 is 11.7 Å². The van der Waals surface area contributed by atoms with Crippen molar-refractivity contribution in [2.45, 2.75) is 51.1 Å². The highest BCUT2D eigenvalue weighted by Crippen LogP contribution is 2.07. The van der Waals surface area contributed by atoms with Crippen molar-refractivity contribution in [1.29, 1.82) is 0 Å². The molecule has 0 saturated carbocycles. The molecule has 1 unspecified atom stereocenters. The number of nitrogens with zero attached hydrogens (tertiary/aromatic N) is 4. The van der Waals surface area contributed by atoms with Gasteiger partial charge in [-0.05, 0) is 44.7 Å². The van der Waals surface area contributed by atoms with Gasteiger partial charge >= 0.3 is 11.7 Å². The molecule has 0 bridgehead atoms. The van der Waals surface area contributed by atoms with Gasteiger partial charge in [0.05, 0.1) is 0 Å². The van der Waals surface area contributed by atoms with E-state index in [4.69, 9.17) is 28.7 Å². The predicted molar refractivity (Wildman–Crippen MR) is 123 cm³/mol. The number of anilines is 1. The summed E-state index contributed by atoms with van der Waals surface area (Å²) in [5, 5.41) is 5.82. The van der Waals surface area contributed by atoms with E-state index in [1.807, 2.05) is 0 Å². The summed E-state index contributed by atoms with van der Waals surface area (Å²) < 4.78 is 1.50. The first-order valence-electron chi connectivity index (χ1n) is 10.3. The normalized spacial score (nSPS) is 11.5. The summed E-state index contributed by atoms with van der Waals surface area (Å²) in [7, 11) is 0. The van der Waals surface area contributed by atoms with Crippen LogP contribution < -0.4 is 45.0 Å². The van der Waals surface area contributed by atoms with E-state index in [9.17, 15) is 9.59 Å². The molecular formula is C18H35N11O2. The van der Waals surface area contributed by atoms with Crippen LogP contribution in [0.25, 0.3) is 0 Å². The number of urea groups is 1. The van der Waals surface area contributed by atoms with Gasteiger partial charge in [-0.25, -0.2) is 9.59 Å². The molecule has 174 valence electrons. The van der Waals surface area contributed by atoms with Gasteiger partial charge in [0.1, 0.15) is 5.82 Å². The number of rotatable bonds is 15. The Morgan fingerprint density at radius 2 is 1.65 bits per heavy atom. The Labute approximate surface area is 181 Å². The standard InChI is InChI=1S/C18H35N11O2/c19-15(20)25-9-2-1-5-13(24-8-3-4-10-26-16(21)22)6-11-29-12-7-14(27-17(23)30)28-18(29)31/h7,12-13,24H,1-6,8-11H2,(H4,19,20,25)(H4,21,22,26)(H3,23,27,28,30,31). The van der Waals surface area contributed by atoms with E-state index in [2.05, 4.69) is 25.6 Å². The van der Waals surface area contributed by atoms with E-state index in [1.54, 1.807) is 6.20 Å². The average Bonchev–Trinajstić information content (AvgIpc) is 2.67. The third-order valence-corrected chi connectivity index (χ3v) is 4.41. The quantitative estimate of drug-likeness (QED) is 0.0974. The minimum Gasteiger partial charge on any atom is -0.370 e. The van der Waals surface area contributed by atoms with Crippen molar-refractivity contribution in [1.82, 2.24) is 14.9 Å². The van der Waals surface area contributed by atoms with Gasteiger partial charge in [0, 0.05) is 31.9 Å². The van der Waals surface area contributed by atoms with Crippen LogP contribution >= 0.6 is 0 Å². The maximum Gasteiger partial charge on any atom is 0.349 e. The summed E-state index contributed by atoms with van der Waals surface area (Å²) in [5.74, 6) is 0.322. The fraction of sp³-hybridized carbons (Fsp3) is 0.611. The summed E-state index contributed by atoms with van der Waals surface area (Å²) in [4.78, 5) is 34.8. The lowest BCUT2D eigenvalue weighted by Gasteiger charge is -2.19. The summed E-state index contributed by atoms with van der Waals surface area (Å²) in [5.41, 5.74) is 25.9. The molecule has 1 aromatic rings. The number of aromatic nitrogens is 2. The molecule has 0 aliphatic carbocycles. The third-order valence-electron chi connectivity index (χ3n) is 4.41. The van der Waals surface area contributed by atoms with Gasteiger partial charge in [0.25, 0.3) is 0 Å². The molecule has 0 aliphatic rings. The maximum atomic E-state index is 12.2. The van der Waals surface area contributed by atoms with Crippen molar-refractivity contribution in [3.8, 4) is 0 Å². The Bertz CT molecular complexity index is 783. The van der Waals surface area contributed by atoms with Gasteiger partial charge < -0.3 is 34.0 Å². The molecular weight excluding hydrogens is 402 g/mol. The van der Waals surface area contributed by atoms with Gasteiger partial charge in [-0.1, -0.05) is 6.42 Å². The highest BCUT2D eigenvalue weighted by Gasteiger charge is 2.10. The van der Waals surface area contributed by atoms with Crippen LogP contribution in [0.3, 0.4) is 0 Å². The molecule has 0 radical (unpaired) electrons. The number of carbonyl (C=O) groups excluding carboxylic acids is 1. The molecule has 2 amide bonds. The number of carbonyl (C=O) groups is 1. The van der Waals surface area contributed by atoms with Crippen LogP contribution in [0.1, 0.15) is 38.5 Å². The SMILES string of the molecule is NC(=O)Nc1ccn(CCC(CCCCN=C(N)N)NCCCCN=C(N)N)c(=O)n1. The van der Waals surface area contributed by atoms with Crippen molar-refractivity contribution in [3.05, 3.63) is 22.7 Å². The largest absolute Gasteiger partial charge is 0.370 e. The van der Waals surface area contributed by atoms with E-state index >= 15 is 0 Å². The number of hydrogen-bond acceptors (Lipinski definition) is 6. The Morgan fingerprint density at radius 1 is 1.00 bits per heavy atom. The van der Waals surface area contributed by atoms with Crippen molar-refractivity contribution in [2.24, 2.45) is 38.7 Å². The topological polar surface area (TPSA) is 231 Å². The van der Waals surface area contributed by atoms with E-state index in [0.717, 1.165) is 45.1 Å². The Morgan fingerprint density at radius 3 is 2.23 bits per heavy atom. The van der Waals surface area contributed by atoms with E-state index in [1.165, 1.54) is 10.6 Å². The molecule has 0 fully saturated rings. The number of unbranched alkanes of at least 4 members (excludes halogenated alkanes) is 2.